The molecule has 1 rings (SSSR count). The Morgan fingerprint density at radius 3 is 2.77 bits per heavy atom. The lowest BCUT2D eigenvalue weighted by Crippen LogP contribution is -2.29. The first kappa shape index (κ1) is 10.1. The van der Waals surface area contributed by atoms with Crippen molar-refractivity contribution in [1.29, 1.82) is 0 Å². The second-order valence-corrected chi connectivity index (χ2v) is 2.94. The standard InChI is InChI=1S/C8H13F2N3/c1-2-13-5-7(4-12-13)3-8(9,10)6-11/h4-5H,2-3,6,11H2,1H3. The molecular weight excluding hydrogens is 176 g/mol. The first-order chi connectivity index (χ1) is 6.07. The summed E-state index contributed by atoms with van der Waals surface area (Å²) in [6, 6.07) is 0. The van der Waals surface area contributed by atoms with E-state index in [0.29, 0.717) is 12.1 Å². The number of aryl methyl sites for hydroxylation is 1. The monoisotopic (exact) mass is 189 g/mol. The normalized spacial score (nSPS) is 12.0. The van der Waals surface area contributed by atoms with Crippen LogP contribution in [0.2, 0.25) is 0 Å². The summed E-state index contributed by atoms with van der Waals surface area (Å²) >= 11 is 0. The minimum atomic E-state index is -2.82. The Labute approximate surface area is 75.5 Å². The summed E-state index contributed by atoms with van der Waals surface area (Å²) in [4.78, 5) is 0. The van der Waals surface area contributed by atoms with Crippen LogP contribution in [0.25, 0.3) is 0 Å². The van der Waals surface area contributed by atoms with Crippen molar-refractivity contribution in [2.45, 2.75) is 25.8 Å². The molecule has 1 heterocycles. The van der Waals surface area contributed by atoms with Crippen LogP contribution in [-0.2, 0) is 13.0 Å². The highest BCUT2D eigenvalue weighted by Crippen LogP contribution is 2.17. The Morgan fingerprint density at radius 1 is 1.62 bits per heavy atom. The lowest BCUT2D eigenvalue weighted by molar-refractivity contribution is 0.0115. The van der Waals surface area contributed by atoms with Crippen molar-refractivity contribution < 1.29 is 8.78 Å². The van der Waals surface area contributed by atoms with E-state index in [2.05, 4.69) is 5.10 Å². The van der Waals surface area contributed by atoms with E-state index in [9.17, 15) is 8.78 Å². The molecule has 0 bridgehead atoms. The van der Waals surface area contributed by atoms with Crippen molar-refractivity contribution in [3.8, 4) is 0 Å². The van der Waals surface area contributed by atoms with Gasteiger partial charge in [0, 0.05) is 19.2 Å². The van der Waals surface area contributed by atoms with Gasteiger partial charge in [0.15, 0.2) is 0 Å². The maximum absolute atomic E-state index is 12.8. The number of alkyl halides is 2. The van der Waals surface area contributed by atoms with Gasteiger partial charge in [-0.25, -0.2) is 8.78 Å². The predicted octanol–water partition coefficient (Wildman–Crippen LogP) is 1.04. The van der Waals surface area contributed by atoms with Gasteiger partial charge in [0.05, 0.1) is 12.7 Å². The number of nitrogens with zero attached hydrogens (tertiary/aromatic N) is 2. The molecule has 0 unspecified atom stereocenters. The first-order valence-electron chi connectivity index (χ1n) is 4.16. The summed E-state index contributed by atoms with van der Waals surface area (Å²) in [5, 5.41) is 3.90. The molecule has 0 fully saturated rings. The molecule has 0 saturated carbocycles. The van der Waals surface area contributed by atoms with Crippen LogP contribution in [-0.4, -0.2) is 22.2 Å². The molecule has 3 nitrogen and oxygen atoms in total. The quantitative estimate of drug-likeness (QED) is 0.769. The van der Waals surface area contributed by atoms with Gasteiger partial charge in [-0.3, -0.25) is 4.68 Å². The lowest BCUT2D eigenvalue weighted by Gasteiger charge is -2.11. The molecule has 0 saturated heterocycles. The van der Waals surface area contributed by atoms with Crippen LogP contribution in [0.1, 0.15) is 12.5 Å². The van der Waals surface area contributed by atoms with Gasteiger partial charge in [0.2, 0.25) is 0 Å². The van der Waals surface area contributed by atoms with E-state index < -0.39 is 12.5 Å². The summed E-state index contributed by atoms with van der Waals surface area (Å²) in [5.41, 5.74) is 5.44. The fraction of sp³-hybridized carbons (Fsp3) is 0.625. The van der Waals surface area contributed by atoms with Crippen LogP contribution in [0.15, 0.2) is 12.4 Å². The van der Waals surface area contributed by atoms with Gasteiger partial charge in [-0.1, -0.05) is 0 Å². The molecule has 0 spiro atoms. The van der Waals surface area contributed by atoms with Crippen LogP contribution < -0.4 is 5.73 Å². The molecule has 13 heavy (non-hydrogen) atoms. The Hall–Kier alpha value is -0.970. The van der Waals surface area contributed by atoms with Crippen LogP contribution in [0.4, 0.5) is 8.78 Å². The van der Waals surface area contributed by atoms with E-state index in [-0.39, 0.29) is 6.42 Å². The van der Waals surface area contributed by atoms with Gasteiger partial charge < -0.3 is 5.73 Å². The molecule has 2 N–H and O–H groups in total. The smallest absolute Gasteiger partial charge is 0.264 e. The van der Waals surface area contributed by atoms with E-state index in [1.807, 2.05) is 6.92 Å². The van der Waals surface area contributed by atoms with Crippen molar-refractivity contribution in [3.63, 3.8) is 0 Å². The maximum atomic E-state index is 12.8. The Bertz CT molecular complexity index is 270. The minimum absolute atomic E-state index is 0.330. The van der Waals surface area contributed by atoms with Crippen LogP contribution >= 0.6 is 0 Å². The van der Waals surface area contributed by atoms with E-state index in [4.69, 9.17) is 5.73 Å². The van der Waals surface area contributed by atoms with Crippen molar-refractivity contribution in [2.24, 2.45) is 5.73 Å². The summed E-state index contributed by atoms with van der Waals surface area (Å²) in [6.07, 6.45) is 2.74. The number of aromatic nitrogens is 2. The molecule has 0 aliphatic heterocycles. The zero-order valence-corrected chi connectivity index (χ0v) is 7.50. The Balaban J connectivity index is 2.63. The maximum Gasteiger partial charge on any atom is 0.264 e. The van der Waals surface area contributed by atoms with Crippen molar-refractivity contribution >= 4 is 0 Å². The van der Waals surface area contributed by atoms with Crippen molar-refractivity contribution in [2.75, 3.05) is 6.54 Å². The third-order valence-corrected chi connectivity index (χ3v) is 1.77. The highest BCUT2D eigenvalue weighted by Gasteiger charge is 2.27. The van der Waals surface area contributed by atoms with Crippen molar-refractivity contribution in [3.05, 3.63) is 18.0 Å². The number of rotatable bonds is 4. The average molecular weight is 189 g/mol. The highest BCUT2D eigenvalue weighted by atomic mass is 19.3. The summed E-state index contributed by atoms with van der Waals surface area (Å²) in [6.45, 7) is 1.97. The molecule has 0 radical (unpaired) electrons. The zero-order chi connectivity index (χ0) is 9.90. The summed E-state index contributed by atoms with van der Waals surface area (Å²) < 4.78 is 27.2. The lowest BCUT2D eigenvalue weighted by atomic mass is 10.1. The number of hydrogen-bond donors (Lipinski definition) is 1. The Kier molecular flexibility index (Phi) is 2.98. The molecule has 0 aromatic carbocycles. The molecule has 0 aliphatic carbocycles. The summed E-state index contributed by atoms with van der Waals surface area (Å²) in [7, 11) is 0. The van der Waals surface area contributed by atoms with E-state index in [0.717, 1.165) is 0 Å². The second kappa shape index (κ2) is 3.83. The van der Waals surface area contributed by atoms with Gasteiger partial charge >= 0.3 is 0 Å². The van der Waals surface area contributed by atoms with Crippen LogP contribution in [0.5, 0.6) is 0 Å². The molecule has 0 amide bonds. The summed E-state index contributed by atoms with van der Waals surface area (Å²) in [5.74, 6) is -2.82. The van der Waals surface area contributed by atoms with E-state index in [1.165, 1.54) is 6.20 Å². The van der Waals surface area contributed by atoms with E-state index in [1.54, 1.807) is 10.9 Å². The molecular formula is C8H13F2N3. The number of halogens is 2. The topological polar surface area (TPSA) is 43.8 Å². The van der Waals surface area contributed by atoms with Crippen LogP contribution in [0, 0.1) is 0 Å². The van der Waals surface area contributed by atoms with Gasteiger partial charge in [0.25, 0.3) is 5.92 Å². The Morgan fingerprint density at radius 2 is 2.31 bits per heavy atom. The molecule has 74 valence electrons. The van der Waals surface area contributed by atoms with Gasteiger partial charge in [-0.15, -0.1) is 0 Å². The molecule has 0 atom stereocenters. The highest BCUT2D eigenvalue weighted by molar-refractivity contribution is 5.06. The predicted molar refractivity (Wildman–Crippen MR) is 45.6 cm³/mol. The first-order valence-corrected chi connectivity index (χ1v) is 4.16. The minimum Gasteiger partial charge on any atom is -0.325 e. The van der Waals surface area contributed by atoms with E-state index >= 15 is 0 Å². The molecule has 1 aromatic rings. The zero-order valence-electron chi connectivity index (χ0n) is 7.50. The largest absolute Gasteiger partial charge is 0.325 e. The van der Waals surface area contributed by atoms with Gasteiger partial charge in [0.1, 0.15) is 0 Å². The van der Waals surface area contributed by atoms with Gasteiger partial charge in [-0.05, 0) is 12.5 Å². The van der Waals surface area contributed by atoms with Crippen molar-refractivity contribution in [1.82, 2.24) is 9.78 Å². The molecule has 0 aliphatic rings. The molecule has 5 heteroatoms. The fourth-order valence-corrected chi connectivity index (χ4v) is 1.04. The average Bonchev–Trinajstić information content (AvgIpc) is 2.52. The SMILES string of the molecule is CCn1cc(CC(F)(F)CN)cn1. The molecule has 1 aromatic heterocycles. The second-order valence-electron chi connectivity index (χ2n) is 2.94. The van der Waals surface area contributed by atoms with Gasteiger partial charge in [-0.2, -0.15) is 5.10 Å². The third-order valence-electron chi connectivity index (χ3n) is 1.77. The fourth-order valence-electron chi connectivity index (χ4n) is 1.04. The van der Waals surface area contributed by atoms with Crippen LogP contribution in [0.3, 0.4) is 0 Å². The number of hydrogen-bond acceptors (Lipinski definition) is 2. The third kappa shape index (κ3) is 2.77. The number of nitrogens with two attached hydrogens (primary N) is 1.